The first-order valence-corrected chi connectivity index (χ1v) is 5.44. The molecule has 0 N–H and O–H groups in total. The summed E-state index contributed by atoms with van der Waals surface area (Å²) in [4.78, 5) is 13.9. The molecule has 0 saturated heterocycles. The van der Waals surface area contributed by atoms with Crippen molar-refractivity contribution in [3.05, 3.63) is 15.9 Å². The minimum Gasteiger partial charge on any atom is -0.318 e. The minimum atomic E-state index is -4.91. The van der Waals surface area contributed by atoms with Crippen LogP contribution in [0.25, 0.3) is 0 Å². The largest absolute Gasteiger partial charge is 0.473 e. The third-order valence-corrected chi connectivity index (χ3v) is 2.83. The molecule has 0 unspecified atom stereocenters. The van der Waals surface area contributed by atoms with Gasteiger partial charge >= 0.3 is 12.1 Å². The zero-order valence-corrected chi connectivity index (χ0v) is 9.82. The monoisotopic (exact) mass is 252 g/mol. The van der Waals surface area contributed by atoms with Gasteiger partial charge in [-0.15, -0.1) is 11.3 Å². The summed E-state index contributed by atoms with van der Waals surface area (Å²) in [6.07, 6.45) is -4.91. The molecule has 0 spiro atoms. The zero-order chi connectivity index (χ0) is 12.5. The molecule has 1 aromatic heterocycles. The van der Waals surface area contributed by atoms with Gasteiger partial charge in [-0.25, -0.2) is 0 Å². The molecule has 1 heterocycles. The molecule has 0 bridgehead atoms. The highest BCUT2D eigenvalue weighted by molar-refractivity contribution is 7.07. The van der Waals surface area contributed by atoms with Crippen molar-refractivity contribution in [2.75, 3.05) is 0 Å². The number of carbonyl (C=O) groups is 1. The van der Waals surface area contributed by atoms with Crippen LogP contribution < -0.4 is 4.80 Å². The predicted molar refractivity (Wildman–Crippen MR) is 54.1 cm³/mol. The first-order chi connectivity index (χ1) is 7.23. The van der Waals surface area contributed by atoms with Gasteiger partial charge in [-0.2, -0.15) is 18.2 Å². The Kier molecular flexibility index (Phi) is 3.57. The normalized spacial score (nSPS) is 13.6. The van der Waals surface area contributed by atoms with Gasteiger partial charge in [0.15, 0.2) is 4.80 Å². The molecule has 0 saturated carbocycles. The second-order valence-electron chi connectivity index (χ2n) is 3.54. The van der Waals surface area contributed by atoms with Crippen LogP contribution in [-0.4, -0.2) is 16.7 Å². The van der Waals surface area contributed by atoms with Gasteiger partial charge in [0, 0.05) is 17.1 Å². The van der Waals surface area contributed by atoms with Crippen LogP contribution in [0, 0.1) is 6.92 Å². The van der Waals surface area contributed by atoms with Crippen LogP contribution in [-0.2, 0) is 4.79 Å². The molecular weight excluding hydrogens is 241 g/mol. The first-order valence-electron chi connectivity index (χ1n) is 4.56. The topological polar surface area (TPSA) is 34.4 Å². The van der Waals surface area contributed by atoms with Crippen LogP contribution in [0.3, 0.4) is 0 Å². The van der Waals surface area contributed by atoms with Gasteiger partial charge in [0.1, 0.15) is 0 Å². The molecule has 1 amide bonds. The Morgan fingerprint density at radius 1 is 1.50 bits per heavy atom. The molecule has 0 aromatic carbocycles. The number of carbonyl (C=O) groups excluding carboxylic acids is 1. The fourth-order valence-electron chi connectivity index (χ4n) is 1.26. The van der Waals surface area contributed by atoms with Crippen molar-refractivity contribution in [1.29, 1.82) is 0 Å². The Morgan fingerprint density at radius 2 is 2.06 bits per heavy atom. The summed E-state index contributed by atoms with van der Waals surface area (Å²) in [6, 6.07) is -0.0361. The number of nitrogens with zero attached hydrogens (tertiary/aromatic N) is 2. The molecule has 0 aliphatic heterocycles. The Morgan fingerprint density at radius 3 is 2.50 bits per heavy atom. The molecular formula is C9H11F3N2OS. The number of thiazole rings is 1. The molecule has 7 heteroatoms. The van der Waals surface area contributed by atoms with E-state index in [1.54, 1.807) is 16.9 Å². The summed E-state index contributed by atoms with van der Waals surface area (Å²) in [5.41, 5.74) is 0.786. The lowest BCUT2D eigenvalue weighted by atomic mass is 10.4. The molecule has 0 aliphatic carbocycles. The summed E-state index contributed by atoms with van der Waals surface area (Å²) in [5, 5.41) is 1.67. The van der Waals surface area contributed by atoms with Crippen LogP contribution >= 0.6 is 11.3 Å². The number of amides is 1. The summed E-state index contributed by atoms with van der Waals surface area (Å²) in [6.45, 7) is 5.39. The van der Waals surface area contributed by atoms with Crippen molar-refractivity contribution in [3.8, 4) is 0 Å². The van der Waals surface area contributed by atoms with Gasteiger partial charge in [0.2, 0.25) is 0 Å². The smallest absolute Gasteiger partial charge is 0.318 e. The minimum absolute atomic E-state index is 0.0361. The van der Waals surface area contributed by atoms with Gasteiger partial charge in [0.05, 0.1) is 0 Å². The molecule has 3 nitrogen and oxygen atoms in total. The van der Waals surface area contributed by atoms with E-state index in [1.807, 2.05) is 13.8 Å². The van der Waals surface area contributed by atoms with Crippen molar-refractivity contribution >= 4 is 17.2 Å². The third kappa shape index (κ3) is 2.72. The van der Waals surface area contributed by atoms with Gasteiger partial charge in [0.25, 0.3) is 0 Å². The predicted octanol–water partition coefficient (Wildman–Crippen LogP) is 2.43. The molecule has 0 atom stereocenters. The van der Waals surface area contributed by atoms with E-state index in [-0.39, 0.29) is 10.8 Å². The van der Waals surface area contributed by atoms with E-state index in [9.17, 15) is 18.0 Å². The Bertz CT molecular complexity index is 456. The molecule has 1 aromatic rings. The van der Waals surface area contributed by atoms with E-state index < -0.39 is 12.1 Å². The SMILES string of the molecule is Cc1csc(=NC(=O)C(F)(F)F)n1C(C)C. The number of rotatable bonds is 1. The van der Waals surface area contributed by atoms with Crippen LogP contribution in [0.2, 0.25) is 0 Å². The van der Waals surface area contributed by atoms with E-state index in [0.717, 1.165) is 17.0 Å². The van der Waals surface area contributed by atoms with E-state index in [4.69, 9.17) is 0 Å². The standard InChI is InChI=1S/C9H11F3N2OS/c1-5(2)14-6(3)4-16-8(14)13-7(15)9(10,11)12/h4-5H,1-3H3. The number of aryl methyl sites for hydroxylation is 1. The molecule has 1 rings (SSSR count). The maximum absolute atomic E-state index is 12.0. The Labute approximate surface area is 94.2 Å². The Balaban J connectivity index is 3.24. The molecule has 90 valence electrons. The van der Waals surface area contributed by atoms with Crippen molar-refractivity contribution in [2.45, 2.75) is 33.0 Å². The maximum Gasteiger partial charge on any atom is 0.473 e. The lowest BCUT2D eigenvalue weighted by Gasteiger charge is -2.09. The average Bonchev–Trinajstić information content (AvgIpc) is 2.45. The van der Waals surface area contributed by atoms with Gasteiger partial charge in [-0.05, 0) is 20.8 Å². The highest BCUT2D eigenvalue weighted by Crippen LogP contribution is 2.16. The quantitative estimate of drug-likeness (QED) is 0.755. The van der Waals surface area contributed by atoms with E-state index >= 15 is 0 Å². The van der Waals surface area contributed by atoms with Crippen molar-refractivity contribution in [1.82, 2.24) is 4.57 Å². The number of hydrogen-bond acceptors (Lipinski definition) is 2. The van der Waals surface area contributed by atoms with E-state index in [0.29, 0.717) is 0 Å². The van der Waals surface area contributed by atoms with Crippen molar-refractivity contribution < 1.29 is 18.0 Å². The maximum atomic E-state index is 12.0. The average molecular weight is 252 g/mol. The molecule has 16 heavy (non-hydrogen) atoms. The van der Waals surface area contributed by atoms with Crippen molar-refractivity contribution in [2.24, 2.45) is 4.99 Å². The second kappa shape index (κ2) is 4.40. The van der Waals surface area contributed by atoms with E-state index in [2.05, 4.69) is 4.99 Å². The molecule has 0 fully saturated rings. The van der Waals surface area contributed by atoms with Gasteiger partial charge in [-0.3, -0.25) is 4.79 Å². The number of halogens is 3. The fraction of sp³-hybridized carbons (Fsp3) is 0.556. The lowest BCUT2D eigenvalue weighted by molar-refractivity contribution is -0.169. The number of hydrogen-bond donors (Lipinski definition) is 0. The highest BCUT2D eigenvalue weighted by Gasteiger charge is 2.38. The van der Waals surface area contributed by atoms with Crippen LogP contribution in [0.1, 0.15) is 25.6 Å². The summed E-state index contributed by atoms with van der Waals surface area (Å²) in [7, 11) is 0. The van der Waals surface area contributed by atoms with Crippen molar-refractivity contribution in [3.63, 3.8) is 0 Å². The summed E-state index contributed by atoms with van der Waals surface area (Å²) >= 11 is 1.02. The number of alkyl halides is 3. The molecule has 0 aliphatic rings. The van der Waals surface area contributed by atoms with Crippen LogP contribution in [0.15, 0.2) is 10.4 Å². The number of aromatic nitrogens is 1. The zero-order valence-electron chi connectivity index (χ0n) is 9.00. The second-order valence-corrected chi connectivity index (χ2v) is 4.37. The lowest BCUT2D eigenvalue weighted by Crippen LogP contribution is -2.26. The first kappa shape index (κ1) is 13.0. The molecule has 0 radical (unpaired) electrons. The summed E-state index contributed by atoms with van der Waals surface area (Å²) < 4.78 is 37.7. The van der Waals surface area contributed by atoms with E-state index in [1.165, 1.54) is 0 Å². The third-order valence-electron chi connectivity index (χ3n) is 1.88. The fourth-order valence-corrected chi connectivity index (χ4v) is 2.25. The van der Waals surface area contributed by atoms with Gasteiger partial charge in [-0.1, -0.05) is 0 Å². The Hall–Kier alpha value is -1.11. The summed E-state index contributed by atoms with van der Waals surface area (Å²) in [5.74, 6) is -2.07. The van der Waals surface area contributed by atoms with Crippen LogP contribution in [0.5, 0.6) is 0 Å². The van der Waals surface area contributed by atoms with Gasteiger partial charge < -0.3 is 4.57 Å². The van der Waals surface area contributed by atoms with Crippen LogP contribution in [0.4, 0.5) is 13.2 Å². The highest BCUT2D eigenvalue weighted by atomic mass is 32.1.